The van der Waals surface area contributed by atoms with Crippen LogP contribution in [0.5, 0.6) is 0 Å². The van der Waals surface area contributed by atoms with Crippen molar-refractivity contribution in [2.75, 3.05) is 20.1 Å². The Labute approximate surface area is 64.0 Å². The zero-order valence-corrected chi connectivity index (χ0v) is 7.22. The lowest BCUT2D eigenvalue weighted by Crippen LogP contribution is -2.17. The molecule has 0 rings (SSSR count). The number of likely N-dealkylation sites (N-methyl/N-ethyl adjacent to an activating group) is 1. The van der Waals surface area contributed by atoms with E-state index in [4.69, 9.17) is 0 Å². The van der Waals surface area contributed by atoms with Gasteiger partial charge in [0.1, 0.15) is 0 Å². The Hall–Kier alpha value is -0.560. The van der Waals surface area contributed by atoms with E-state index in [1.54, 1.807) is 0 Å². The van der Waals surface area contributed by atoms with Crippen LogP contribution in [-0.4, -0.2) is 25.0 Å². The Morgan fingerprint density at radius 3 is 2.60 bits per heavy atom. The van der Waals surface area contributed by atoms with Gasteiger partial charge in [0, 0.05) is 6.54 Å². The molecule has 0 aromatic carbocycles. The molecule has 0 fully saturated rings. The Kier molecular flexibility index (Phi) is 4.95. The van der Waals surface area contributed by atoms with Gasteiger partial charge in [0.15, 0.2) is 0 Å². The minimum Gasteiger partial charge on any atom is -0.303 e. The summed E-state index contributed by atoms with van der Waals surface area (Å²) in [7, 11) is 2.10. The van der Waals surface area contributed by atoms with Crippen LogP contribution in [0.1, 0.15) is 13.8 Å². The minimum atomic E-state index is 1.02. The highest BCUT2D eigenvalue weighted by Gasteiger charge is 1.88. The molecule has 1 nitrogen and oxygen atoms in total. The van der Waals surface area contributed by atoms with Crippen LogP contribution < -0.4 is 0 Å². The summed E-state index contributed by atoms with van der Waals surface area (Å²) in [6.45, 7) is 10.0. The molecule has 1 heteroatoms. The van der Waals surface area contributed by atoms with Crippen LogP contribution in [0.4, 0.5) is 0 Å². The highest BCUT2D eigenvalue weighted by atomic mass is 15.1. The van der Waals surface area contributed by atoms with E-state index in [9.17, 15) is 0 Å². The molecule has 0 N–H and O–H groups in total. The van der Waals surface area contributed by atoms with Gasteiger partial charge >= 0.3 is 0 Å². The van der Waals surface area contributed by atoms with E-state index < -0.39 is 0 Å². The fraction of sp³-hybridized carbons (Fsp3) is 0.556. The van der Waals surface area contributed by atoms with E-state index in [0.717, 1.165) is 13.1 Å². The summed E-state index contributed by atoms with van der Waals surface area (Å²) in [6, 6.07) is 0. The smallest absolute Gasteiger partial charge is 0.0165 e. The zero-order valence-electron chi connectivity index (χ0n) is 7.22. The first kappa shape index (κ1) is 9.44. The molecule has 0 unspecified atom stereocenters. The summed E-state index contributed by atoms with van der Waals surface area (Å²) in [5, 5.41) is 0. The van der Waals surface area contributed by atoms with Gasteiger partial charge in [-0.1, -0.05) is 31.2 Å². The molecule has 0 atom stereocenters. The van der Waals surface area contributed by atoms with Gasteiger partial charge in [0.25, 0.3) is 0 Å². The second-order valence-corrected chi connectivity index (χ2v) is 2.51. The lowest BCUT2D eigenvalue weighted by molar-refractivity contribution is 0.392. The van der Waals surface area contributed by atoms with Gasteiger partial charge in [-0.15, -0.1) is 0 Å². The monoisotopic (exact) mass is 139 g/mol. The molecule has 0 saturated heterocycles. The van der Waals surface area contributed by atoms with E-state index in [-0.39, 0.29) is 0 Å². The van der Waals surface area contributed by atoms with Crippen molar-refractivity contribution in [3.05, 3.63) is 24.3 Å². The average Bonchev–Trinajstić information content (AvgIpc) is 1.99. The van der Waals surface area contributed by atoms with Gasteiger partial charge in [0.2, 0.25) is 0 Å². The molecule has 10 heavy (non-hydrogen) atoms. The SMILES string of the molecule is C=C/C(C)=C/CN(C)CC. The van der Waals surface area contributed by atoms with Crippen molar-refractivity contribution in [3.8, 4) is 0 Å². The largest absolute Gasteiger partial charge is 0.303 e. The molecule has 0 amide bonds. The molecule has 58 valence electrons. The Morgan fingerprint density at radius 1 is 1.60 bits per heavy atom. The van der Waals surface area contributed by atoms with Crippen molar-refractivity contribution in [3.63, 3.8) is 0 Å². The van der Waals surface area contributed by atoms with Crippen LogP contribution >= 0.6 is 0 Å². The summed E-state index contributed by atoms with van der Waals surface area (Å²) in [5.41, 5.74) is 1.25. The normalized spacial score (nSPS) is 12.2. The number of nitrogens with zero attached hydrogens (tertiary/aromatic N) is 1. The third kappa shape index (κ3) is 4.33. The van der Waals surface area contributed by atoms with E-state index in [2.05, 4.69) is 38.5 Å². The third-order valence-corrected chi connectivity index (χ3v) is 1.59. The van der Waals surface area contributed by atoms with Crippen LogP contribution in [0.15, 0.2) is 24.3 Å². The first-order valence-corrected chi connectivity index (χ1v) is 3.68. The zero-order chi connectivity index (χ0) is 7.98. The summed E-state index contributed by atoms with van der Waals surface area (Å²) in [4.78, 5) is 2.24. The molecule has 0 aliphatic heterocycles. The number of hydrogen-bond donors (Lipinski definition) is 0. The summed E-state index contributed by atoms with van der Waals surface area (Å²) in [6.07, 6.45) is 4.06. The molecule has 0 heterocycles. The lowest BCUT2D eigenvalue weighted by Gasteiger charge is -2.09. The molecule has 0 bridgehead atoms. The Morgan fingerprint density at radius 2 is 2.20 bits per heavy atom. The summed E-state index contributed by atoms with van der Waals surface area (Å²) < 4.78 is 0. The topological polar surface area (TPSA) is 3.24 Å². The van der Waals surface area contributed by atoms with Gasteiger partial charge in [-0.25, -0.2) is 0 Å². The van der Waals surface area contributed by atoms with Gasteiger partial charge < -0.3 is 4.90 Å². The van der Waals surface area contributed by atoms with Crippen molar-refractivity contribution in [1.29, 1.82) is 0 Å². The van der Waals surface area contributed by atoms with Gasteiger partial charge in [-0.3, -0.25) is 0 Å². The molecule has 0 aliphatic rings. The molecule has 0 radical (unpaired) electrons. The van der Waals surface area contributed by atoms with E-state index in [1.165, 1.54) is 5.57 Å². The predicted molar refractivity (Wildman–Crippen MR) is 47.1 cm³/mol. The molecule has 0 saturated carbocycles. The molecular weight excluding hydrogens is 122 g/mol. The van der Waals surface area contributed by atoms with Gasteiger partial charge in [-0.05, 0) is 20.5 Å². The molecule has 0 aromatic rings. The van der Waals surface area contributed by atoms with E-state index >= 15 is 0 Å². The number of rotatable bonds is 4. The molecule has 0 aromatic heterocycles. The van der Waals surface area contributed by atoms with Crippen LogP contribution in [0, 0.1) is 0 Å². The summed E-state index contributed by atoms with van der Waals surface area (Å²) in [5.74, 6) is 0. The maximum atomic E-state index is 3.68. The molecule has 0 spiro atoms. The molecule has 0 aliphatic carbocycles. The van der Waals surface area contributed by atoms with Crippen molar-refractivity contribution < 1.29 is 0 Å². The molecular formula is C9H17N. The highest BCUT2D eigenvalue weighted by Crippen LogP contribution is 1.92. The van der Waals surface area contributed by atoms with E-state index in [1.807, 2.05) is 6.08 Å². The maximum Gasteiger partial charge on any atom is 0.0165 e. The second-order valence-electron chi connectivity index (χ2n) is 2.51. The van der Waals surface area contributed by atoms with Crippen LogP contribution in [-0.2, 0) is 0 Å². The van der Waals surface area contributed by atoms with Crippen molar-refractivity contribution in [2.45, 2.75) is 13.8 Å². The Bertz CT molecular complexity index is 125. The highest BCUT2D eigenvalue weighted by molar-refractivity contribution is 5.12. The number of hydrogen-bond acceptors (Lipinski definition) is 1. The van der Waals surface area contributed by atoms with Gasteiger partial charge in [-0.2, -0.15) is 0 Å². The van der Waals surface area contributed by atoms with Crippen molar-refractivity contribution >= 4 is 0 Å². The van der Waals surface area contributed by atoms with E-state index in [0.29, 0.717) is 0 Å². The quantitative estimate of drug-likeness (QED) is 0.539. The fourth-order valence-corrected chi connectivity index (χ4v) is 0.512. The van der Waals surface area contributed by atoms with Crippen molar-refractivity contribution in [2.24, 2.45) is 0 Å². The first-order valence-electron chi connectivity index (χ1n) is 3.68. The summed E-state index contributed by atoms with van der Waals surface area (Å²) >= 11 is 0. The Balaban J connectivity index is 3.60. The van der Waals surface area contributed by atoms with Crippen LogP contribution in [0.2, 0.25) is 0 Å². The second kappa shape index (κ2) is 5.24. The number of allylic oxidation sites excluding steroid dienone is 2. The standard InChI is InChI=1S/C9H17N/c1-5-9(3)7-8-10(4)6-2/h5,7H,1,6,8H2,2-4H3/b9-7+. The van der Waals surface area contributed by atoms with Gasteiger partial charge in [0.05, 0.1) is 0 Å². The van der Waals surface area contributed by atoms with Crippen LogP contribution in [0.3, 0.4) is 0 Å². The fourth-order valence-electron chi connectivity index (χ4n) is 0.512. The minimum absolute atomic E-state index is 1.02. The predicted octanol–water partition coefficient (Wildman–Crippen LogP) is 2.07. The maximum absolute atomic E-state index is 3.68. The third-order valence-electron chi connectivity index (χ3n) is 1.59. The lowest BCUT2D eigenvalue weighted by atomic mass is 10.3. The van der Waals surface area contributed by atoms with Crippen LogP contribution in [0.25, 0.3) is 0 Å². The van der Waals surface area contributed by atoms with Crippen molar-refractivity contribution in [1.82, 2.24) is 4.90 Å². The first-order chi connectivity index (χ1) is 4.70. The average molecular weight is 139 g/mol.